The molecule has 0 saturated heterocycles. The molecule has 0 saturated carbocycles. The maximum absolute atomic E-state index is 13.4. The number of halogens is 2. The molecule has 0 fully saturated rings. The Kier molecular flexibility index (Phi) is 4.49. The molecule has 2 heterocycles. The van der Waals surface area contributed by atoms with Crippen LogP contribution in [0, 0.1) is 5.82 Å². The summed E-state index contributed by atoms with van der Waals surface area (Å²) >= 11 is 6.24. The second kappa shape index (κ2) is 6.57. The first kappa shape index (κ1) is 16.4. The van der Waals surface area contributed by atoms with E-state index >= 15 is 0 Å². The quantitative estimate of drug-likeness (QED) is 0.486. The Morgan fingerprint density at radius 3 is 2.75 bits per heavy atom. The minimum Gasteiger partial charge on any atom is -0.299 e. The van der Waals surface area contributed by atoms with Gasteiger partial charge in [0.2, 0.25) is 0 Å². The van der Waals surface area contributed by atoms with Crippen molar-refractivity contribution in [1.82, 2.24) is 9.61 Å². The Balaban J connectivity index is 2.41. The molecule has 3 rings (SSSR count). The summed E-state index contributed by atoms with van der Waals surface area (Å²) in [6.07, 6.45) is 5.75. The van der Waals surface area contributed by atoms with Crippen LogP contribution in [0.5, 0.6) is 0 Å². The minimum absolute atomic E-state index is 0.203. The van der Waals surface area contributed by atoms with Gasteiger partial charge in [0.1, 0.15) is 17.8 Å². The monoisotopic (exact) mass is 342 g/mol. The molecule has 0 atom stereocenters. The van der Waals surface area contributed by atoms with Gasteiger partial charge in [0.15, 0.2) is 0 Å². The number of aldehydes is 1. The summed E-state index contributed by atoms with van der Waals surface area (Å²) in [5.74, 6) is -0.200. The molecule has 122 valence electrons. The van der Waals surface area contributed by atoms with Gasteiger partial charge in [-0.25, -0.2) is 8.91 Å². The maximum atomic E-state index is 13.4. The van der Waals surface area contributed by atoms with Crippen LogP contribution >= 0.6 is 11.6 Å². The molecule has 0 N–H and O–H groups in total. The molecule has 0 amide bonds. The highest BCUT2D eigenvalue weighted by Gasteiger charge is 2.19. The van der Waals surface area contributed by atoms with Crippen molar-refractivity contribution in [2.45, 2.75) is 19.8 Å². The average Bonchev–Trinajstić information content (AvgIpc) is 2.99. The molecule has 3 aromatic rings. The fourth-order valence-corrected chi connectivity index (χ4v) is 3.15. The van der Waals surface area contributed by atoms with Gasteiger partial charge < -0.3 is 0 Å². The van der Waals surface area contributed by atoms with Crippen molar-refractivity contribution < 1.29 is 9.18 Å². The third-order valence-electron chi connectivity index (χ3n) is 3.86. The molecular weight excluding hydrogens is 327 g/mol. The van der Waals surface area contributed by atoms with E-state index in [2.05, 4.69) is 18.9 Å². The van der Waals surface area contributed by atoms with Gasteiger partial charge in [0.05, 0.1) is 10.5 Å². The van der Waals surface area contributed by atoms with E-state index in [1.165, 1.54) is 18.2 Å². The second-order valence-corrected chi connectivity index (χ2v) is 6.20. The topological polar surface area (TPSA) is 34.4 Å². The summed E-state index contributed by atoms with van der Waals surface area (Å²) in [6, 6.07) is 8.12. The SMILES string of the molecule is CC(C)c1c(/C=C/C=O)c(-c2ccc(F)cc2Cl)nn2cccc12. The normalized spacial score (nSPS) is 11.7. The highest BCUT2D eigenvalue weighted by Crippen LogP contribution is 2.36. The lowest BCUT2D eigenvalue weighted by Crippen LogP contribution is -2.05. The number of carbonyl (C=O) groups excluding carboxylic acids is 1. The van der Waals surface area contributed by atoms with Gasteiger partial charge >= 0.3 is 0 Å². The average molecular weight is 343 g/mol. The standard InChI is InChI=1S/C19H16ClFN2O/c1-12(2)18-15(5-4-10-24)19(22-23-9-3-6-17(18)23)14-8-7-13(21)11-16(14)20/h3-12H,1-2H3/b5-4+. The number of allylic oxidation sites excluding steroid dienone is 1. The van der Waals surface area contributed by atoms with Crippen LogP contribution in [0.3, 0.4) is 0 Å². The van der Waals surface area contributed by atoms with Gasteiger partial charge in [-0.1, -0.05) is 25.4 Å². The Morgan fingerprint density at radius 1 is 1.29 bits per heavy atom. The Labute approximate surface area is 144 Å². The molecule has 1 aromatic carbocycles. The van der Waals surface area contributed by atoms with Gasteiger partial charge in [-0.3, -0.25) is 4.79 Å². The summed E-state index contributed by atoms with van der Waals surface area (Å²) in [6.45, 7) is 4.16. The third kappa shape index (κ3) is 2.85. The van der Waals surface area contributed by atoms with Crippen LogP contribution in [-0.4, -0.2) is 15.9 Å². The van der Waals surface area contributed by atoms with Crippen molar-refractivity contribution in [1.29, 1.82) is 0 Å². The number of carbonyl (C=O) groups is 1. The van der Waals surface area contributed by atoms with Crippen molar-refractivity contribution in [3.8, 4) is 11.3 Å². The molecule has 2 aromatic heterocycles. The number of hydrogen-bond donors (Lipinski definition) is 0. The number of nitrogens with zero attached hydrogens (tertiary/aromatic N) is 2. The minimum atomic E-state index is -0.403. The van der Waals surface area contributed by atoms with E-state index in [0.717, 1.165) is 22.9 Å². The number of rotatable bonds is 4. The molecule has 0 aliphatic carbocycles. The Morgan fingerprint density at radius 2 is 2.08 bits per heavy atom. The van der Waals surface area contributed by atoms with Crippen LogP contribution in [0.25, 0.3) is 22.9 Å². The molecule has 0 aliphatic rings. The lowest BCUT2D eigenvalue weighted by atomic mass is 9.93. The molecule has 0 bridgehead atoms. The van der Waals surface area contributed by atoms with E-state index in [4.69, 9.17) is 11.6 Å². The summed E-state index contributed by atoms with van der Waals surface area (Å²) < 4.78 is 15.2. The van der Waals surface area contributed by atoms with Crippen molar-refractivity contribution >= 4 is 29.5 Å². The molecule has 0 radical (unpaired) electrons. The van der Waals surface area contributed by atoms with E-state index in [-0.39, 0.29) is 10.9 Å². The molecule has 3 nitrogen and oxygen atoms in total. The lowest BCUT2D eigenvalue weighted by Gasteiger charge is -2.17. The fourth-order valence-electron chi connectivity index (χ4n) is 2.89. The van der Waals surface area contributed by atoms with Gasteiger partial charge in [-0.2, -0.15) is 5.10 Å². The third-order valence-corrected chi connectivity index (χ3v) is 4.17. The van der Waals surface area contributed by atoms with Crippen molar-refractivity contribution in [2.75, 3.05) is 0 Å². The summed E-state index contributed by atoms with van der Waals surface area (Å²) in [7, 11) is 0. The predicted octanol–water partition coefficient (Wildman–Crippen LogP) is 5.13. The van der Waals surface area contributed by atoms with Crippen molar-refractivity contribution in [3.63, 3.8) is 0 Å². The predicted molar refractivity (Wildman–Crippen MR) is 94.8 cm³/mol. The van der Waals surface area contributed by atoms with Gasteiger partial charge in [-0.15, -0.1) is 0 Å². The lowest BCUT2D eigenvalue weighted by molar-refractivity contribution is -0.104. The van der Waals surface area contributed by atoms with Crippen LogP contribution in [0.1, 0.15) is 30.9 Å². The largest absolute Gasteiger partial charge is 0.299 e. The van der Waals surface area contributed by atoms with E-state index in [1.54, 1.807) is 16.7 Å². The molecule has 5 heteroatoms. The number of benzene rings is 1. The van der Waals surface area contributed by atoms with E-state index in [0.29, 0.717) is 11.3 Å². The second-order valence-electron chi connectivity index (χ2n) is 5.79. The first-order valence-electron chi connectivity index (χ1n) is 7.61. The first-order chi connectivity index (χ1) is 11.5. The zero-order chi connectivity index (χ0) is 17.3. The van der Waals surface area contributed by atoms with Gasteiger partial charge in [-0.05, 0) is 54.0 Å². The smallest absolute Gasteiger partial charge is 0.142 e. The zero-order valence-corrected chi connectivity index (χ0v) is 14.1. The summed E-state index contributed by atoms with van der Waals surface area (Å²) in [5, 5.41) is 4.92. The summed E-state index contributed by atoms with van der Waals surface area (Å²) in [5.41, 5.74) is 4.09. The van der Waals surface area contributed by atoms with Gasteiger partial charge in [0, 0.05) is 17.3 Å². The van der Waals surface area contributed by atoms with Crippen molar-refractivity contribution in [2.24, 2.45) is 0 Å². The Bertz CT molecular complexity index is 944. The van der Waals surface area contributed by atoms with Crippen LogP contribution in [0.2, 0.25) is 5.02 Å². The molecule has 0 spiro atoms. The molecule has 0 aliphatic heterocycles. The van der Waals surface area contributed by atoms with E-state index < -0.39 is 5.82 Å². The number of fused-ring (bicyclic) bond motifs is 1. The highest BCUT2D eigenvalue weighted by atomic mass is 35.5. The highest BCUT2D eigenvalue weighted by molar-refractivity contribution is 6.33. The van der Waals surface area contributed by atoms with Crippen LogP contribution in [-0.2, 0) is 4.79 Å². The molecule has 24 heavy (non-hydrogen) atoms. The van der Waals surface area contributed by atoms with Crippen LogP contribution < -0.4 is 0 Å². The van der Waals surface area contributed by atoms with Crippen molar-refractivity contribution in [3.05, 3.63) is 64.6 Å². The summed E-state index contributed by atoms with van der Waals surface area (Å²) in [4.78, 5) is 10.8. The van der Waals surface area contributed by atoms with Gasteiger partial charge in [0.25, 0.3) is 0 Å². The fraction of sp³-hybridized carbons (Fsp3) is 0.158. The number of aromatic nitrogens is 2. The molecular formula is C19H16ClFN2O. The maximum Gasteiger partial charge on any atom is 0.142 e. The first-order valence-corrected chi connectivity index (χ1v) is 7.99. The van der Waals surface area contributed by atoms with E-state index in [9.17, 15) is 9.18 Å². The van der Waals surface area contributed by atoms with Crippen LogP contribution in [0.4, 0.5) is 4.39 Å². The number of hydrogen-bond acceptors (Lipinski definition) is 2. The Hall–Kier alpha value is -2.46. The van der Waals surface area contributed by atoms with Crippen LogP contribution in [0.15, 0.2) is 42.6 Å². The molecule has 0 unspecified atom stereocenters. The van der Waals surface area contributed by atoms with E-state index in [1.807, 2.05) is 18.3 Å². The zero-order valence-electron chi connectivity index (χ0n) is 13.3.